The van der Waals surface area contributed by atoms with Gasteiger partial charge in [-0.3, -0.25) is 4.90 Å². The Bertz CT molecular complexity index is 1380. The highest BCUT2D eigenvalue weighted by atomic mass is 19.1. The van der Waals surface area contributed by atoms with E-state index in [0.717, 1.165) is 51.1 Å². The molecular weight excluding hydrogens is 453 g/mol. The van der Waals surface area contributed by atoms with E-state index in [9.17, 15) is 4.39 Å². The molecule has 0 aliphatic carbocycles. The lowest BCUT2D eigenvalue weighted by Gasteiger charge is -2.30. The van der Waals surface area contributed by atoms with Crippen molar-refractivity contribution in [1.29, 1.82) is 0 Å². The molecule has 0 radical (unpaired) electrons. The first-order valence-corrected chi connectivity index (χ1v) is 12.7. The fourth-order valence-electron chi connectivity index (χ4n) is 5.43. The summed E-state index contributed by atoms with van der Waals surface area (Å²) in [6.45, 7) is 3.98. The van der Waals surface area contributed by atoms with Gasteiger partial charge in [0.1, 0.15) is 29.7 Å². The fourth-order valence-corrected chi connectivity index (χ4v) is 5.43. The normalized spacial score (nSPS) is 17.2. The quantitative estimate of drug-likeness (QED) is 0.295. The van der Waals surface area contributed by atoms with Crippen LogP contribution in [-0.2, 0) is 0 Å². The average molecular weight is 484 g/mol. The van der Waals surface area contributed by atoms with Gasteiger partial charge in [-0.05, 0) is 84.2 Å². The molecule has 1 atom stereocenters. The zero-order chi connectivity index (χ0) is 24.5. The molecule has 1 saturated heterocycles. The van der Waals surface area contributed by atoms with E-state index in [1.54, 1.807) is 13.2 Å². The first-order chi connectivity index (χ1) is 17.7. The van der Waals surface area contributed by atoms with Crippen LogP contribution in [0.15, 0.2) is 72.8 Å². The van der Waals surface area contributed by atoms with Crippen LogP contribution in [0, 0.1) is 5.82 Å². The monoisotopic (exact) mass is 483 g/mol. The van der Waals surface area contributed by atoms with Crippen molar-refractivity contribution in [2.75, 3.05) is 33.4 Å². The van der Waals surface area contributed by atoms with Crippen molar-refractivity contribution in [3.05, 3.63) is 89.7 Å². The second kappa shape index (κ2) is 9.82. The van der Waals surface area contributed by atoms with Crippen LogP contribution in [0.5, 0.6) is 17.2 Å². The standard InChI is InChI=1S/C31H30FNO3/c1-34-25-11-14-26-22(19-25)7-12-28-27-13-8-23(32)20-29(27)36-31(30(26)28)21-5-9-24(10-6-21)35-18-17-33-15-3-2-4-16-33/h5-14,19-20,31H,2-4,15-18H2,1H3. The van der Waals surface area contributed by atoms with Crippen molar-refractivity contribution < 1.29 is 18.6 Å². The molecule has 0 aromatic heterocycles. The highest BCUT2D eigenvalue weighted by Crippen LogP contribution is 2.48. The molecule has 184 valence electrons. The molecule has 4 aromatic rings. The third-order valence-electron chi connectivity index (χ3n) is 7.32. The molecule has 0 amide bonds. The van der Waals surface area contributed by atoms with Crippen molar-refractivity contribution in [3.8, 4) is 28.4 Å². The van der Waals surface area contributed by atoms with Crippen LogP contribution in [0.2, 0.25) is 0 Å². The second-order valence-corrected chi connectivity index (χ2v) is 9.57. The number of methoxy groups -OCH3 is 1. The molecule has 1 unspecified atom stereocenters. The summed E-state index contributed by atoms with van der Waals surface area (Å²) in [5.41, 5.74) is 4.03. The molecule has 0 spiro atoms. The Kier molecular flexibility index (Phi) is 6.24. The summed E-state index contributed by atoms with van der Waals surface area (Å²) in [5.74, 6) is 1.91. The van der Waals surface area contributed by atoms with Gasteiger partial charge in [-0.15, -0.1) is 0 Å². The number of fused-ring (bicyclic) bond motifs is 5. The Morgan fingerprint density at radius 3 is 2.44 bits per heavy atom. The number of benzene rings is 4. The highest BCUT2D eigenvalue weighted by Gasteiger charge is 2.29. The van der Waals surface area contributed by atoms with Gasteiger partial charge < -0.3 is 14.2 Å². The molecule has 4 nitrogen and oxygen atoms in total. The van der Waals surface area contributed by atoms with E-state index in [1.165, 1.54) is 44.5 Å². The Balaban J connectivity index is 1.32. The van der Waals surface area contributed by atoms with Gasteiger partial charge in [0.2, 0.25) is 0 Å². The van der Waals surface area contributed by atoms with Crippen molar-refractivity contribution in [1.82, 2.24) is 4.90 Å². The second-order valence-electron chi connectivity index (χ2n) is 9.57. The molecule has 0 bridgehead atoms. The van der Waals surface area contributed by atoms with Crippen LogP contribution in [0.1, 0.15) is 36.5 Å². The Morgan fingerprint density at radius 1 is 0.861 bits per heavy atom. The summed E-state index contributed by atoms with van der Waals surface area (Å²) in [7, 11) is 1.67. The lowest BCUT2D eigenvalue weighted by Crippen LogP contribution is -2.33. The van der Waals surface area contributed by atoms with Crippen molar-refractivity contribution in [3.63, 3.8) is 0 Å². The van der Waals surface area contributed by atoms with E-state index in [2.05, 4.69) is 35.2 Å². The van der Waals surface area contributed by atoms with E-state index in [1.807, 2.05) is 24.3 Å². The van der Waals surface area contributed by atoms with Gasteiger partial charge in [-0.1, -0.05) is 36.8 Å². The molecule has 0 N–H and O–H groups in total. The molecule has 6 rings (SSSR count). The molecular formula is C31H30FNO3. The Labute approximate surface area is 211 Å². The predicted molar refractivity (Wildman–Crippen MR) is 141 cm³/mol. The number of piperidine rings is 1. The summed E-state index contributed by atoms with van der Waals surface area (Å²) in [6, 6.07) is 23.1. The zero-order valence-corrected chi connectivity index (χ0v) is 20.5. The first kappa shape index (κ1) is 22.9. The van der Waals surface area contributed by atoms with Gasteiger partial charge >= 0.3 is 0 Å². The average Bonchev–Trinajstić information content (AvgIpc) is 2.92. The Hall–Kier alpha value is -3.57. The number of hydrogen-bond acceptors (Lipinski definition) is 4. The van der Waals surface area contributed by atoms with Gasteiger partial charge in [0.15, 0.2) is 6.10 Å². The molecule has 2 aliphatic heterocycles. The van der Waals surface area contributed by atoms with Gasteiger partial charge in [-0.2, -0.15) is 0 Å². The van der Waals surface area contributed by atoms with Gasteiger partial charge in [0, 0.05) is 23.7 Å². The van der Waals surface area contributed by atoms with Gasteiger partial charge in [0.25, 0.3) is 0 Å². The lowest BCUT2D eigenvalue weighted by molar-refractivity contribution is 0.183. The highest BCUT2D eigenvalue weighted by molar-refractivity contribution is 5.95. The van der Waals surface area contributed by atoms with Gasteiger partial charge in [-0.25, -0.2) is 4.39 Å². The smallest absolute Gasteiger partial charge is 0.150 e. The third-order valence-corrected chi connectivity index (χ3v) is 7.32. The topological polar surface area (TPSA) is 30.9 Å². The fraction of sp³-hybridized carbons (Fsp3) is 0.290. The van der Waals surface area contributed by atoms with Crippen LogP contribution < -0.4 is 14.2 Å². The van der Waals surface area contributed by atoms with Crippen LogP contribution in [0.4, 0.5) is 4.39 Å². The van der Waals surface area contributed by atoms with Crippen LogP contribution in [0.3, 0.4) is 0 Å². The SMILES string of the molecule is COc1ccc2c3c(ccc2c1)-c1ccc(F)cc1OC3c1ccc(OCCN2CCCCC2)cc1. The largest absolute Gasteiger partial charge is 0.497 e. The zero-order valence-electron chi connectivity index (χ0n) is 20.5. The number of nitrogens with zero attached hydrogens (tertiary/aromatic N) is 1. The summed E-state index contributed by atoms with van der Waals surface area (Å²) < 4.78 is 32.1. The van der Waals surface area contributed by atoms with Gasteiger partial charge in [0.05, 0.1) is 7.11 Å². The third kappa shape index (κ3) is 4.40. The number of likely N-dealkylation sites (tertiary alicyclic amines) is 1. The van der Waals surface area contributed by atoms with Crippen molar-refractivity contribution in [2.45, 2.75) is 25.4 Å². The molecule has 2 aliphatic rings. The van der Waals surface area contributed by atoms with Crippen molar-refractivity contribution >= 4 is 10.8 Å². The van der Waals surface area contributed by atoms with Crippen LogP contribution >= 0.6 is 0 Å². The number of ether oxygens (including phenoxy) is 3. The van der Waals surface area contributed by atoms with E-state index in [0.29, 0.717) is 12.4 Å². The Morgan fingerprint density at radius 2 is 1.64 bits per heavy atom. The van der Waals surface area contributed by atoms with E-state index in [-0.39, 0.29) is 11.9 Å². The summed E-state index contributed by atoms with van der Waals surface area (Å²) in [5, 5.41) is 2.17. The molecule has 2 heterocycles. The summed E-state index contributed by atoms with van der Waals surface area (Å²) >= 11 is 0. The van der Waals surface area contributed by atoms with E-state index < -0.39 is 0 Å². The molecule has 1 fully saturated rings. The maximum Gasteiger partial charge on any atom is 0.150 e. The maximum absolute atomic E-state index is 14.1. The molecule has 36 heavy (non-hydrogen) atoms. The lowest BCUT2D eigenvalue weighted by atomic mass is 9.86. The molecule has 0 saturated carbocycles. The minimum absolute atomic E-state index is 0.307. The predicted octanol–water partition coefficient (Wildman–Crippen LogP) is 7.00. The number of halogens is 1. The minimum atomic E-state index is -0.367. The number of rotatable bonds is 6. The summed E-state index contributed by atoms with van der Waals surface area (Å²) in [6.07, 6.45) is 3.54. The molecule has 4 aromatic carbocycles. The van der Waals surface area contributed by atoms with E-state index >= 15 is 0 Å². The van der Waals surface area contributed by atoms with Crippen molar-refractivity contribution in [2.24, 2.45) is 0 Å². The maximum atomic E-state index is 14.1. The number of hydrogen-bond donors (Lipinski definition) is 0. The van der Waals surface area contributed by atoms with Crippen LogP contribution in [0.25, 0.3) is 21.9 Å². The first-order valence-electron chi connectivity index (χ1n) is 12.7. The van der Waals surface area contributed by atoms with Crippen LogP contribution in [-0.4, -0.2) is 38.3 Å². The van der Waals surface area contributed by atoms with E-state index in [4.69, 9.17) is 14.2 Å². The summed E-state index contributed by atoms with van der Waals surface area (Å²) in [4.78, 5) is 2.47. The molecule has 5 heteroatoms. The minimum Gasteiger partial charge on any atom is -0.497 e.